The Balaban J connectivity index is 2.29. The summed E-state index contributed by atoms with van der Waals surface area (Å²) in [6.07, 6.45) is 1.05. The van der Waals surface area contributed by atoms with E-state index >= 15 is 0 Å². The van der Waals surface area contributed by atoms with Crippen molar-refractivity contribution in [2.75, 3.05) is 6.54 Å². The Hall–Kier alpha value is -1.19. The third-order valence-electron chi connectivity index (χ3n) is 3.10. The minimum atomic E-state index is 0.328. The Morgan fingerprint density at radius 1 is 1.28 bits per heavy atom. The van der Waals surface area contributed by atoms with Crippen molar-refractivity contribution in [2.45, 2.75) is 33.2 Å². The summed E-state index contributed by atoms with van der Waals surface area (Å²) in [6, 6.07) is 8.86. The zero-order chi connectivity index (χ0) is 13.0. The molecule has 1 aromatic heterocycles. The SMILES string of the molecule is CCNC(C)c1csc(-c2ccccc2CC)n1. The molecule has 2 rings (SSSR count). The minimum Gasteiger partial charge on any atom is -0.309 e. The van der Waals surface area contributed by atoms with E-state index in [1.54, 1.807) is 11.3 Å². The fourth-order valence-corrected chi connectivity index (χ4v) is 3.03. The van der Waals surface area contributed by atoms with Crippen molar-refractivity contribution in [2.24, 2.45) is 0 Å². The van der Waals surface area contributed by atoms with Crippen LogP contribution in [0.5, 0.6) is 0 Å². The van der Waals surface area contributed by atoms with Gasteiger partial charge >= 0.3 is 0 Å². The zero-order valence-electron chi connectivity index (χ0n) is 11.2. The summed E-state index contributed by atoms with van der Waals surface area (Å²) >= 11 is 1.74. The molecule has 1 N–H and O–H groups in total. The van der Waals surface area contributed by atoms with Crippen molar-refractivity contribution in [3.05, 3.63) is 40.9 Å². The number of benzene rings is 1. The van der Waals surface area contributed by atoms with E-state index in [2.05, 4.69) is 55.7 Å². The number of nitrogens with zero attached hydrogens (tertiary/aromatic N) is 1. The molecule has 0 aliphatic rings. The van der Waals surface area contributed by atoms with Gasteiger partial charge in [-0.15, -0.1) is 11.3 Å². The lowest BCUT2D eigenvalue weighted by molar-refractivity contribution is 0.587. The molecule has 1 heterocycles. The van der Waals surface area contributed by atoms with Crippen LogP contribution in [-0.2, 0) is 6.42 Å². The molecular formula is C15H20N2S. The Morgan fingerprint density at radius 2 is 2.06 bits per heavy atom. The highest BCUT2D eigenvalue weighted by Crippen LogP contribution is 2.29. The number of thiazole rings is 1. The largest absolute Gasteiger partial charge is 0.309 e. The first-order valence-electron chi connectivity index (χ1n) is 6.53. The topological polar surface area (TPSA) is 24.9 Å². The van der Waals surface area contributed by atoms with Crippen LogP contribution in [0.4, 0.5) is 0 Å². The molecule has 0 saturated carbocycles. The predicted molar refractivity (Wildman–Crippen MR) is 79.0 cm³/mol. The number of rotatable bonds is 5. The number of aryl methyl sites for hydroxylation is 1. The average molecular weight is 260 g/mol. The molecule has 1 unspecified atom stereocenters. The van der Waals surface area contributed by atoms with Gasteiger partial charge in [-0.25, -0.2) is 4.98 Å². The molecule has 3 heteroatoms. The normalized spacial score (nSPS) is 12.6. The third kappa shape index (κ3) is 2.79. The van der Waals surface area contributed by atoms with Crippen LogP contribution in [0.3, 0.4) is 0 Å². The molecule has 1 atom stereocenters. The van der Waals surface area contributed by atoms with Crippen molar-refractivity contribution < 1.29 is 0 Å². The van der Waals surface area contributed by atoms with Crippen LogP contribution in [0.1, 0.15) is 38.1 Å². The van der Waals surface area contributed by atoms with Crippen molar-refractivity contribution in [3.63, 3.8) is 0 Å². The predicted octanol–water partition coefficient (Wildman–Crippen LogP) is 4.04. The maximum atomic E-state index is 4.76. The van der Waals surface area contributed by atoms with E-state index in [1.165, 1.54) is 11.1 Å². The second-order valence-electron chi connectivity index (χ2n) is 4.37. The number of hydrogen-bond acceptors (Lipinski definition) is 3. The van der Waals surface area contributed by atoms with Crippen LogP contribution in [0.25, 0.3) is 10.6 Å². The Labute approximate surface area is 113 Å². The number of nitrogens with one attached hydrogen (secondary N) is 1. The van der Waals surface area contributed by atoms with Crippen LogP contribution in [-0.4, -0.2) is 11.5 Å². The van der Waals surface area contributed by atoms with Gasteiger partial charge in [-0.05, 0) is 25.5 Å². The average Bonchev–Trinajstić information content (AvgIpc) is 2.88. The quantitative estimate of drug-likeness (QED) is 0.877. The summed E-state index contributed by atoms with van der Waals surface area (Å²) in [5.74, 6) is 0. The number of aromatic nitrogens is 1. The molecule has 0 spiro atoms. The first-order chi connectivity index (χ1) is 8.76. The van der Waals surface area contributed by atoms with Crippen molar-refractivity contribution >= 4 is 11.3 Å². The Kier molecular flexibility index (Phi) is 4.50. The zero-order valence-corrected chi connectivity index (χ0v) is 12.1. The molecule has 0 fully saturated rings. The Morgan fingerprint density at radius 3 is 2.78 bits per heavy atom. The van der Waals surface area contributed by atoms with Gasteiger partial charge in [0, 0.05) is 17.0 Å². The molecule has 0 aliphatic carbocycles. The van der Waals surface area contributed by atoms with Crippen LogP contribution < -0.4 is 5.32 Å². The molecule has 0 saturated heterocycles. The van der Waals surface area contributed by atoms with Gasteiger partial charge in [-0.3, -0.25) is 0 Å². The van der Waals surface area contributed by atoms with E-state index in [4.69, 9.17) is 4.98 Å². The minimum absolute atomic E-state index is 0.328. The van der Waals surface area contributed by atoms with Gasteiger partial charge in [-0.2, -0.15) is 0 Å². The molecule has 0 radical (unpaired) electrons. The molecule has 0 bridgehead atoms. The fraction of sp³-hybridized carbons (Fsp3) is 0.400. The molecule has 0 amide bonds. The first-order valence-corrected chi connectivity index (χ1v) is 7.41. The smallest absolute Gasteiger partial charge is 0.123 e. The Bertz CT molecular complexity index is 505. The first kappa shape index (κ1) is 13.2. The highest BCUT2D eigenvalue weighted by atomic mass is 32.1. The van der Waals surface area contributed by atoms with E-state index < -0.39 is 0 Å². The summed E-state index contributed by atoms with van der Waals surface area (Å²) in [4.78, 5) is 4.76. The third-order valence-corrected chi connectivity index (χ3v) is 4.00. The molecular weight excluding hydrogens is 240 g/mol. The van der Waals surface area contributed by atoms with E-state index in [-0.39, 0.29) is 0 Å². The fourth-order valence-electron chi connectivity index (χ4n) is 2.06. The van der Waals surface area contributed by atoms with Gasteiger partial charge in [0.1, 0.15) is 5.01 Å². The lowest BCUT2D eigenvalue weighted by atomic mass is 10.1. The molecule has 2 nitrogen and oxygen atoms in total. The van der Waals surface area contributed by atoms with E-state index in [0.29, 0.717) is 6.04 Å². The van der Waals surface area contributed by atoms with Crippen LogP contribution in [0.2, 0.25) is 0 Å². The van der Waals surface area contributed by atoms with Crippen LogP contribution in [0.15, 0.2) is 29.6 Å². The van der Waals surface area contributed by atoms with Gasteiger partial charge in [0.15, 0.2) is 0 Å². The molecule has 1 aromatic carbocycles. The van der Waals surface area contributed by atoms with Gasteiger partial charge in [-0.1, -0.05) is 38.1 Å². The van der Waals surface area contributed by atoms with Gasteiger partial charge in [0.25, 0.3) is 0 Å². The van der Waals surface area contributed by atoms with E-state index in [1.807, 2.05) is 0 Å². The summed E-state index contributed by atoms with van der Waals surface area (Å²) in [5.41, 5.74) is 3.79. The standard InChI is InChI=1S/C15H20N2S/c1-4-12-8-6-7-9-13(12)15-17-14(10-18-15)11(3)16-5-2/h6-11,16H,4-5H2,1-3H3. The number of hydrogen-bond donors (Lipinski definition) is 1. The van der Waals surface area contributed by atoms with Crippen LogP contribution >= 0.6 is 11.3 Å². The summed E-state index contributed by atoms with van der Waals surface area (Å²) in [7, 11) is 0. The monoisotopic (exact) mass is 260 g/mol. The van der Waals surface area contributed by atoms with E-state index in [0.717, 1.165) is 23.7 Å². The second kappa shape index (κ2) is 6.12. The van der Waals surface area contributed by atoms with E-state index in [9.17, 15) is 0 Å². The van der Waals surface area contributed by atoms with Gasteiger partial charge < -0.3 is 5.32 Å². The van der Waals surface area contributed by atoms with Gasteiger partial charge in [0.05, 0.1) is 5.69 Å². The lowest BCUT2D eigenvalue weighted by Crippen LogP contribution is -2.17. The maximum absolute atomic E-state index is 4.76. The highest BCUT2D eigenvalue weighted by molar-refractivity contribution is 7.13. The molecule has 18 heavy (non-hydrogen) atoms. The van der Waals surface area contributed by atoms with Crippen LogP contribution in [0, 0.1) is 0 Å². The summed E-state index contributed by atoms with van der Waals surface area (Å²) in [5, 5.41) is 6.69. The van der Waals surface area contributed by atoms with Crippen molar-refractivity contribution in [1.82, 2.24) is 10.3 Å². The summed E-state index contributed by atoms with van der Waals surface area (Å²) in [6.45, 7) is 7.44. The molecule has 2 aromatic rings. The van der Waals surface area contributed by atoms with Crippen molar-refractivity contribution in [1.29, 1.82) is 0 Å². The summed E-state index contributed by atoms with van der Waals surface area (Å²) < 4.78 is 0. The lowest BCUT2D eigenvalue weighted by Gasteiger charge is -2.08. The molecule has 0 aliphatic heterocycles. The molecule has 96 valence electrons. The van der Waals surface area contributed by atoms with Crippen molar-refractivity contribution in [3.8, 4) is 10.6 Å². The highest BCUT2D eigenvalue weighted by Gasteiger charge is 2.11. The van der Waals surface area contributed by atoms with Gasteiger partial charge in [0.2, 0.25) is 0 Å². The maximum Gasteiger partial charge on any atom is 0.123 e. The second-order valence-corrected chi connectivity index (χ2v) is 5.23.